The van der Waals surface area contributed by atoms with Gasteiger partial charge in [-0.15, -0.1) is 0 Å². The first kappa shape index (κ1) is 21.4. The Balaban J connectivity index is 1.49. The van der Waals surface area contributed by atoms with Crippen LogP contribution in [0.3, 0.4) is 0 Å². The monoisotopic (exact) mass is 480 g/mol. The molecule has 0 aliphatic carbocycles. The van der Waals surface area contributed by atoms with Gasteiger partial charge in [-0.2, -0.15) is 4.99 Å². The summed E-state index contributed by atoms with van der Waals surface area (Å²) in [6.45, 7) is 0.471. The number of carbonyl (C=O) groups is 1. The molecule has 2 aromatic carbocycles. The number of hydrogen-bond acceptors (Lipinski definition) is 5. The van der Waals surface area contributed by atoms with E-state index in [9.17, 15) is 17.6 Å². The summed E-state index contributed by atoms with van der Waals surface area (Å²) >= 11 is 1.16. The molecular formula is C23H17FN4O3S2. The Morgan fingerprint density at radius 2 is 1.91 bits per heavy atom. The summed E-state index contributed by atoms with van der Waals surface area (Å²) in [5.41, 5.74) is 2.32. The molecule has 10 heteroatoms. The molecule has 0 saturated carbocycles. The first-order valence-electron chi connectivity index (χ1n) is 9.86. The number of amidine groups is 2. The van der Waals surface area contributed by atoms with Gasteiger partial charge in [0.25, 0.3) is 5.91 Å². The Morgan fingerprint density at radius 1 is 1.15 bits per heavy atom. The standard InChI is InChI=1S/C23H17FN4O3S2/c1-33(30,31)17-8-9-19-20(12-17)32-23-26-22(29)18(21(25)28(19)23)11-16-3-2-10-27(16)13-14-4-6-15(24)7-5-14/h2-12,25H,13H2,1H3. The van der Waals surface area contributed by atoms with Gasteiger partial charge < -0.3 is 4.57 Å². The number of anilines is 1. The second-order valence-electron chi connectivity index (χ2n) is 7.63. The van der Waals surface area contributed by atoms with Crippen LogP contribution in [0.2, 0.25) is 0 Å². The van der Waals surface area contributed by atoms with E-state index in [0.29, 0.717) is 28.0 Å². The van der Waals surface area contributed by atoms with Gasteiger partial charge in [0.1, 0.15) is 11.7 Å². The molecule has 2 aliphatic rings. The van der Waals surface area contributed by atoms with Crippen LogP contribution in [0.4, 0.5) is 10.1 Å². The summed E-state index contributed by atoms with van der Waals surface area (Å²) in [6, 6.07) is 14.5. The molecule has 7 nitrogen and oxygen atoms in total. The second kappa shape index (κ2) is 7.82. The fourth-order valence-corrected chi connectivity index (χ4v) is 5.44. The summed E-state index contributed by atoms with van der Waals surface area (Å²) in [7, 11) is -3.39. The molecule has 0 bridgehead atoms. The lowest BCUT2D eigenvalue weighted by molar-refractivity contribution is -0.113. The van der Waals surface area contributed by atoms with Crippen molar-refractivity contribution in [3.63, 3.8) is 0 Å². The molecule has 33 heavy (non-hydrogen) atoms. The molecule has 3 heterocycles. The predicted octanol–water partition coefficient (Wildman–Crippen LogP) is 3.95. The number of rotatable bonds is 4. The molecule has 2 aliphatic heterocycles. The Labute approximate surface area is 193 Å². The Morgan fingerprint density at radius 3 is 2.64 bits per heavy atom. The largest absolute Gasteiger partial charge is 0.344 e. The summed E-state index contributed by atoms with van der Waals surface area (Å²) < 4.78 is 38.9. The van der Waals surface area contributed by atoms with E-state index in [1.165, 1.54) is 24.3 Å². The van der Waals surface area contributed by atoms with Crippen LogP contribution in [0, 0.1) is 11.2 Å². The molecule has 5 rings (SSSR count). The molecule has 0 fully saturated rings. The second-order valence-corrected chi connectivity index (χ2v) is 10.7. The number of nitrogens with one attached hydrogen (secondary N) is 1. The maximum absolute atomic E-state index is 13.2. The number of aromatic nitrogens is 1. The first-order valence-corrected chi connectivity index (χ1v) is 12.6. The third kappa shape index (κ3) is 3.91. The van der Waals surface area contributed by atoms with E-state index >= 15 is 0 Å². The zero-order chi connectivity index (χ0) is 23.3. The van der Waals surface area contributed by atoms with Gasteiger partial charge in [-0.3, -0.25) is 15.1 Å². The fourth-order valence-electron chi connectivity index (χ4n) is 3.66. The number of halogens is 1. The molecule has 0 radical (unpaired) electrons. The van der Waals surface area contributed by atoms with Crippen LogP contribution in [-0.4, -0.2) is 36.2 Å². The number of carbonyl (C=O) groups excluding carboxylic acids is 1. The van der Waals surface area contributed by atoms with Crippen molar-refractivity contribution in [1.82, 2.24) is 4.57 Å². The van der Waals surface area contributed by atoms with Gasteiger partial charge in [0, 0.05) is 29.6 Å². The van der Waals surface area contributed by atoms with Crippen LogP contribution in [0.5, 0.6) is 0 Å². The lowest BCUT2D eigenvalue weighted by atomic mass is 10.1. The third-order valence-electron chi connectivity index (χ3n) is 5.32. The molecular weight excluding hydrogens is 463 g/mol. The molecule has 0 unspecified atom stereocenters. The molecule has 0 saturated heterocycles. The summed E-state index contributed by atoms with van der Waals surface area (Å²) in [4.78, 5) is 19.3. The minimum atomic E-state index is -3.39. The van der Waals surface area contributed by atoms with E-state index in [4.69, 9.17) is 5.41 Å². The average molecular weight is 481 g/mol. The van der Waals surface area contributed by atoms with E-state index in [-0.39, 0.29) is 22.1 Å². The highest BCUT2D eigenvalue weighted by Crippen LogP contribution is 2.44. The molecule has 1 amide bonds. The molecule has 166 valence electrons. The highest BCUT2D eigenvalue weighted by Gasteiger charge is 2.38. The number of benzene rings is 2. The lowest BCUT2D eigenvalue weighted by Gasteiger charge is -2.24. The van der Waals surface area contributed by atoms with Gasteiger partial charge in [-0.1, -0.05) is 12.1 Å². The summed E-state index contributed by atoms with van der Waals surface area (Å²) in [6.07, 6.45) is 4.59. The molecule has 3 aromatic rings. The van der Waals surface area contributed by atoms with Gasteiger partial charge in [0.15, 0.2) is 15.0 Å². The zero-order valence-electron chi connectivity index (χ0n) is 17.3. The van der Waals surface area contributed by atoms with Gasteiger partial charge in [0.05, 0.1) is 16.2 Å². The number of hydrogen-bond donors (Lipinski definition) is 1. The zero-order valence-corrected chi connectivity index (χ0v) is 19.0. The maximum Gasteiger partial charge on any atom is 0.283 e. The number of sulfone groups is 1. The minimum Gasteiger partial charge on any atom is -0.344 e. The number of amides is 1. The van der Waals surface area contributed by atoms with Crippen molar-refractivity contribution in [2.24, 2.45) is 4.99 Å². The Bertz CT molecular complexity index is 1490. The van der Waals surface area contributed by atoms with E-state index in [1.54, 1.807) is 29.2 Å². The van der Waals surface area contributed by atoms with Crippen molar-refractivity contribution in [1.29, 1.82) is 5.41 Å². The minimum absolute atomic E-state index is 0.0297. The fraction of sp³-hybridized carbons (Fsp3) is 0.0870. The van der Waals surface area contributed by atoms with Crippen molar-refractivity contribution < 1.29 is 17.6 Å². The molecule has 1 N–H and O–H groups in total. The number of fused-ring (bicyclic) bond motifs is 3. The van der Waals surface area contributed by atoms with Gasteiger partial charge in [-0.25, -0.2) is 12.8 Å². The van der Waals surface area contributed by atoms with Crippen LogP contribution in [-0.2, 0) is 21.2 Å². The molecule has 1 aromatic heterocycles. The van der Waals surface area contributed by atoms with Gasteiger partial charge >= 0.3 is 0 Å². The smallest absolute Gasteiger partial charge is 0.283 e. The van der Waals surface area contributed by atoms with Crippen molar-refractivity contribution in [2.75, 3.05) is 11.2 Å². The van der Waals surface area contributed by atoms with Crippen LogP contribution in [0.15, 0.2) is 81.2 Å². The average Bonchev–Trinajstić information content (AvgIpc) is 3.35. The number of aliphatic imine (C=N–C) groups is 1. The normalized spacial score (nSPS) is 16.7. The first-order chi connectivity index (χ1) is 15.7. The van der Waals surface area contributed by atoms with Gasteiger partial charge in [0.2, 0.25) is 0 Å². The van der Waals surface area contributed by atoms with Crippen molar-refractivity contribution in [3.05, 3.63) is 83.4 Å². The lowest BCUT2D eigenvalue weighted by Crippen LogP contribution is -2.39. The predicted molar refractivity (Wildman–Crippen MR) is 126 cm³/mol. The van der Waals surface area contributed by atoms with Crippen molar-refractivity contribution >= 4 is 50.3 Å². The van der Waals surface area contributed by atoms with Gasteiger partial charge in [-0.05, 0) is 65.9 Å². The number of thioether (sulfide) groups is 1. The van der Waals surface area contributed by atoms with Crippen LogP contribution in [0.25, 0.3) is 6.08 Å². The Kier molecular flexibility index (Phi) is 5.06. The highest BCUT2D eigenvalue weighted by molar-refractivity contribution is 8.15. The molecule has 0 atom stereocenters. The van der Waals surface area contributed by atoms with E-state index in [1.807, 2.05) is 22.9 Å². The number of nitrogens with zero attached hydrogens (tertiary/aromatic N) is 3. The van der Waals surface area contributed by atoms with Crippen molar-refractivity contribution in [3.8, 4) is 0 Å². The van der Waals surface area contributed by atoms with Crippen LogP contribution in [0.1, 0.15) is 11.3 Å². The highest BCUT2D eigenvalue weighted by atomic mass is 32.2. The molecule has 0 spiro atoms. The van der Waals surface area contributed by atoms with Crippen molar-refractivity contribution in [2.45, 2.75) is 16.3 Å². The quantitative estimate of drug-likeness (QED) is 0.571. The summed E-state index contributed by atoms with van der Waals surface area (Å²) in [5.74, 6) is -0.877. The van der Waals surface area contributed by atoms with E-state index < -0.39 is 15.7 Å². The Hall–Kier alpha value is -3.50. The van der Waals surface area contributed by atoms with Crippen LogP contribution >= 0.6 is 11.8 Å². The van der Waals surface area contributed by atoms with Crippen LogP contribution < -0.4 is 4.90 Å². The third-order valence-corrected chi connectivity index (χ3v) is 7.44. The maximum atomic E-state index is 13.2. The van der Waals surface area contributed by atoms with E-state index in [0.717, 1.165) is 23.6 Å². The topological polar surface area (TPSA) is 95.6 Å². The van der Waals surface area contributed by atoms with E-state index in [2.05, 4.69) is 4.99 Å². The SMILES string of the molecule is CS(=O)(=O)c1ccc2c(c1)SC1=NC(=O)C(=Cc3cccn3Cc3ccc(F)cc3)C(=N)N12. The summed E-state index contributed by atoms with van der Waals surface area (Å²) in [5, 5.41) is 9.03.